The molecule has 0 bridgehead atoms. The van der Waals surface area contributed by atoms with E-state index in [2.05, 4.69) is 4.98 Å². The summed E-state index contributed by atoms with van der Waals surface area (Å²) in [7, 11) is 0. The third-order valence-electron chi connectivity index (χ3n) is 3.97. The summed E-state index contributed by atoms with van der Waals surface area (Å²) in [4.78, 5) is 30.4. The van der Waals surface area contributed by atoms with Crippen molar-refractivity contribution in [3.63, 3.8) is 0 Å². The molecule has 21 heavy (non-hydrogen) atoms. The van der Waals surface area contributed by atoms with Crippen LogP contribution in [0.3, 0.4) is 0 Å². The van der Waals surface area contributed by atoms with Gasteiger partial charge in [0.25, 0.3) is 11.8 Å². The molecule has 1 aromatic heterocycles. The molecule has 5 heteroatoms. The lowest BCUT2D eigenvalue weighted by Crippen LogP contribution is -2.51. The lowest BCUT2D eigenvalue weighted by Gasteiger charge is -2.36. The molecule has 0 saturated heterocycles. The summed E-state index contributed by atoms with van der Waals surface area (Å²) in [5, 5.41) is 0. The van der Waals surface area contributed by atoms with Crippen LogP contribution in [0.5, 0.6) is 0 Å². The van der Waals surface area contributed by atoms with Gasteiger partial charge in [-0.3, -0.25) is 19.5 Å². The zero-order chi connectivity index (χ0) is 15.0. The van der Waals surface area contributed by atoms with E-state index in [4.69, 9.17) is 5.73 Å². The first-order chi connectivity index (χ1) is 10.1. The predicted octanol–water partition coefficient (Wildman–Crippen LogP) is 1.55. The van der Waals surface area contributed by atoms with Crippen LogP contribution in [0, 0.1) is 0 Å². The second-order valence-corrected chi connectivity index (χ2v) is 5.21. The van der Waals surface area contributed by atoms with Crippen LogP contribution in [0.4, 0.5) is 0 Å². The van der Waals surface area contributed by atoms with Gasteiger partial charge in [0, 0.05) is 18.9 Å². The Morgan fingerprint density at radius 1 is 1.10 bits per heavy atom. The molecule has 0 aliphatic carbocycles. The Kier molecular flexibility index (Phi) is 3.07. The average Bonchev–Trinajstić information content (AvgIpc) is 2.80. The van der Waals surface area contributed by atoms with Crippen LogP contribution in [-0.4, -0.2) is 28.2 Å². The lowest BCUT2D eigenvalue weighted by molar-refractivity contribution is 0.0457. The maximum Gasteiger partial charge on any atom is 0.263 e. The largest absolute Gasteiger partial charge is 0.328 e. The molecule has 1 aliphatic heterocycles. The van der Waals surface area contributed by atoms with Crippen LogP contribution in [0.15, 0.2) is 48.8 Å². The number of nitrogens with two attached hydrogens (primary N) is 1. The molecule has 2 N–H and O–H groups in total. The zero-order valence-electron chi connectivity index (χ0n) is 11.6. The fourth-order valence-electron chi connectivity index (χ4n) is 2.67. The number of amides is 2. The molecule has 2 heterocycles. The van der Waals surface area contributed by atoms with Gasteiger partial charge in [0.2, 0.25) is 0 Å². The monoisotopic (exact) mass is 281 g/mol. The Bertz CT molecular complexity index is 679. The first-order valence-corrected chi connectivity index (χ1v) is 6.68. The van der Waals surface area contributed by atoms with E-state index in [1.807, 2.05) is 30.3 Å². The SMILES string of the molecule is CC(CN)(c1ccccc1)N1C(=O)c2ccncc2C1=O. The molecule has 2 amide bonds. The van der Waals surface area contributed by atoms with E-state index in [0.29, 0.717) is 11.1 Å². The molecule has 106 valence electrons. The fraction of sp³-hybridized carbons (Fsp3) is 0.188. The number of carbonyl (C=O) groups is 2. The van der Waals surface area contributed by atoms with Crippen molar-refractivity contribution in [2.24, 2.45) is 5.73 Å². The van der Waals surface area contributed by atoms with Gasteiger partial charge in [-0.25, -0.2) is 0 Å². The number of rotatable bonds is 3. The molecule has 2 aromatic rings. The average molecular weight is 281 g/mol. The van der Waals surface area contributed by atoms with Crippen LogP contribution in [-0.2, 0) is 5.54 Å². The highest BCUT2D eigenvalue weighted by atomic mass is 16.2. The lowest BCUT2D eigenvalue weighted by atomic mass is 9.90. The fourth-order valence-corrected chi connectivity index (χ4v) is 2.67. The second kappa shape index (κ2) is 4.79. The quantitative estimate of drug-likeness (QED) is 0.866. The zero-order valence-corrected chi connectivity index (χ0v) is 11.6. The van der Waals surface area contributed by atoms with Gasteiger partial charge < -0.3 is 5.73 Å². The highest BCUT2D eigenvalue weighted by Gasteiger charge is 2.46. The summed E-state index contributed by atoms with van der Waals surface area (Å²) in [5.74, 6) is -0.672. The molecule has 1 atom stereocenters. The summed E-state index contributed by atoms with van der Waals surface area (Å²) in [6.07, 6.45) is 2.94. The number of aromatic nitrogens is 1. The van der Waals surface area contributed by atoms with Gasteiger partial charge in [-0.1, -0.05) is 30.3 Å². The van der Waals surface area contributed by atoms with E-state index in [1.54, 1.807) is 13.0 Å². The number of carbonyl (C=O) groups excluding carboxylic acids is 2. The number of fused-ring (bicyclic) bond motifs is 1. The van der Waals surface area contributed by atoms with Crippen molar-refractivity contribution >= 4 is 11.8 Å². The molecule has 1 aromatic carbocycles. The highest BCUT2D eigenvalue weighted by Crippen LogP contribution is 2.34. The Morgan fingerprint density at radius 3 is 2.38 bits per heavy atom. The van der Waals surface area contributed by atoms with E-state index >= 15 is 0 Å². The Labute approximate surface area is 122 Å². The Hall–Kier alpha value is -2.53. The van der Waals surface area contributed by atoms with Gasteiger partial charge in [0.05, 0.1) is 16.7 Å². The summed E-state index contributed by atoms with van der Waals surface area (Å²) in [6.45, 7) is 1.95. The summed E-state index contributed by atoms with van der Waals surface area (Å²) >= 11 is 0. The van der Waals surface area contributed by atoms with Crippen LogP contribution in [0.25, 0.3) is 0 Å². The predicted molar refractivity (Wildman–Crippen MR) is 77.6 cm³/mol. The van der Waals surface area contributed by atoms with Crippen molar-refractivity contribution in [1.29, 1.82) is 0 Å². The van der Waals surface area contributed by atoms with E-state index < -0.39 is 5.54 Å². The molecule has 0 radical (unpaired) electrons. The normalized spacial score (nSPS) is 16.8. The van der Waals surface area contributed by atoms with E-state index in [9.17, 15) is 9.59 Å². The van der Waals surface area contributed by atoms with Gasteiger partial charge in [-0.15, -0.1) is 0 Å². The minimum absolute atomic E-state index is 0.149. The van der Waals surface area contributed by atoms with Crippen molar-refractivity contribution in [1.82, 2.24) is 9.88 Å². The van der Waals surface area contributed by atoms with Crippen molar-refractivity contribution in [3.8, 4) is 0 Å². The maximum absolute atomic E-state index is 12.6. The summed E-state index contributed by atoms with van der Waals surface area (Å²) in [5.41, 5.74) is 6.58. The maximum atomic E-state index is 12.6. The Balaban J connectivity index is 2.12. The number of hydrogen-bond acceptors (Lipinski definition) is 4. The minimum atomic E-state index is -0.881. The highest BCUT2D eigenvalue weighted by molar-refractivity contribution is 6.21. The number of imide groups is 1. The third kappa shape index (κ3) is 1.86. The third-order valence-corrected chi connectivity index (χ3v) is 3.97. The molecule has 0 fully saturated rings. The van der Waals surface area contributed by atoms with Crippen molar-refractivity contribution in [2.45, 2.75) is 12.5 Å². The number of pyridine rings is 1. The first kappa shape index (κ1) is 13.5. The first-order valence-electron chi connectivity index (χ1n) is 6.68. The number of nitrogens with zero attached hydrogens (tertiary/aromatic N) is 2. The van der Waals surface area contributed by atoms with Crippen LogP contribution < -0.4 is 5.73 Å². The van der Waals surface area contributed by atoms with Gasteiger partial charge in [-0.2, -0.15) is 0 Å². The van der Waals surface area contributed by atoms with E-state index in [1.165, 1.54) is 17.3 Å². The van der Waals surface area contributed by atoms with Crippen molar-refractivity contribution in [3.05, 3.63) is 65.5 Å². The van der Waals surface area contributed by atoms with Gasteiger partial charge in [0.1, 0.15) is 0 Å². The van der Waals surface area contributed by atoms with E-state index in [0.717, 1.165) is 5.56 Å². The van der Waals surface area contributed by atoms with Crippen LogP contribution >= 0.6 is 0 Å². The molecular formula is C16H15N3O2. The second-order valence-electron chi connectivity index (χ2n) is 5.21. The standard InChI is InChI=1S/C16H15N3O2/c1-16(10-17,11-5-3-2-4-6-11)19-14(20)12-7-8-18-9-13(12)15(19)21/h2-9H,10,17H2,1H3. The van der Waals surface area contributed by atoms with Crippen molar-refractivity contribution < 1.29 is 9.59 Å². The summed E-state index contributed by atoms with van der Waals surface area (Å²) < 4.78 is 0. The minimum Gasteiger partial charge on any atom is -0.328 e. The van der Waals surface area contributed by atoms with Crippen LogP contribution in [0.1, 0.15) is 33.2 Å². The summed E-state index contributed by atoms with van der Waals surface area (Å²) in [6, 6.07) is 10.9. The molecule has 3 rings (SSSR count). The molecular weight excluding hydrogens is 266 g/mol. The molecule has 0 spiro atoms. The van der Waals surface area contributed by atoms with Gasteiger partial charge in [0.15, 0.2) is 0 Å². The molecule has 0 saturated carbocycles. The molecule has 5 nitrogen and oxygen atoms in total. The van der Waals surface area contributed by atoms with Crippen LogP contribution in [0.2, 0.25) is 0 Å². The topological polar surface area (TPSA) is 76.3 Å². The number of benzene rings is 1. The van der Waals surface area contributed by atoms with Gasteiger partial charge >= 0.3 is 0 Å². The Morgan fingerprint density at radius 2 is 1.76 bits per heavy atom. The molecule has 1 unspecified atom stereocenters. The van der Waals surface area contributed by atoms with Gasteiger partial charge in [-0.05, 0) is 18.6 Å². The van der Waals surface area contributed by atoms with E-state index in [-0.39, 0.29) is 18.4 Å². The van der Waals surface area contributed by atoms with Crippen molar-refractivity contribution in [2.75, 3.05) is 6.54 Å². The smallest absolute Gasteiger partial charge is 0.263 e. The number of hydrogen-bond donors (Lipinski definition) is 1. The molecule has 1 aliphatic rings.